The number of ether oxygens (including phenoxy) is 2. The smallest absolute Gasteiger partial charge is 0.147 e. The number of rotatable bonds is 4. The summed E-state index contributed by atoms with van der Waals surface area (Å²) in [7, 11) is 1.61. The molecular formula is C10H15NO2. The quantitative estimate of drug-likeness (QED) is 0.720. The van der Waals surface area contributed by atoms with Crippen LogP contribution in [0.5, 0.6) is 5.75 Å². The van der Waals surface area contributed by atoms with Gasteiger partial charge in [-0.25, -0.2) is 0 Å². The number of para-hydroxylation sites is 1. The molecule has 0 atom stereocenters. The summed E-state index contributed by atoms with van der Waals surface area (Å²) in [5, 5.41) is 0. The standard InChI is InChI=1S/C10H15NO2/c1-3-13-7-8-5-4-6-9(11)10(8)12-2/h4-6H,3,7,11H2,1-2H3. The molecule has 1 rings (SSSR count). The molecule has 0 aliphatic heterocycles. The summed E-state index contributed by atoms with van der Waals surface area (Å²) in [5.41, 5.74) is 7.37. The third-order valence-electron chi connectivity index (χ3n) is 1.79. The van der Waals surface area contributed by atoms with E-state index in [4.69, 9.17) is 15.2 Å². The molecule has 0 aromatic heterocycles. The fourth-order valence-corrected chi connectivity index (χ4v) is 1.18. The van der Waals surface area contributed by atoms with Crippen molar-refractivity contribution < 1.29 is 9.47 Å². The zero-order valence-corrected chi connectivity index (χ0v) is 8.04. The lowest BCUT2D eigenvalue weighted by molar-refractivity contribution is 0.132. The first-order valence-corrected chi connectivity index (χ1v) is 4.28. The highest BCUT2D eigenvalue weighted by Crippen LogP contribution is 2.26. The summed E-state index contributed by atoms with van der Waals surface area (Å²) in [4.78, 5) is 0. The van der Waals surface area contributed by atoms with E-state index in [1.807, 2.05) is 25.1 Å². The van der Waals surface area contributed by atoms with Crippen LogP contribution in [-0.4, -0.2) is 13.7 Å². The largest absolute Gasteiger partial charge is 0.494 e. The van der Waals surface area contributed by atoms with Crippen LogP contribution < -0.4 is 10.5 Å². The predicted octanol–water partition coefficient (Wildman–Crippen LogP) is 1.81. The molecule has 13 heavy (non-hydrogen) atoms. The maximum absolute atomic E-state index is 5.72. The van der Waals surface area contributed by atoms with E-state index in [-0.39, 0.29) is 0 Å². The number of anilines is 1. The highest BCUT2D eigenvalue weighted by molar-refractivity contribution is 5.56. The van der Waals surface area contributed by atoms with Crippen LogP contribution in [0.4, 0.5) is 5.69 Å². The zero-order valence-electron chi connectivity index (χ0n) is 8.04. The van der Waals surface area contributed by atoms with Crippen molar-refractivity contribution in [2.45, 2.75) is 13.5 Å². The zero-order chi connectivity index (χ0) is 9.68. The normalized spacial score (nSPS) is 10.0. The van der Waals surface area contributed by atoms with Gasteiger partial charge in [0, 0.05) is 12.2 Å². The maximum Gasteiger partial charge on any atom is 0.147 e. The van der Waals surface area contributed by atoms with E-state index in [9.17, 15) is 0 Å². The molecule has 3 nitrogen and oxygen atoms in total. The Bertz CT molecular complexity index is 274. The van der Waals surface area contributed by atoms with Crippen molar-refractivity contribution in [3.8, 4) is 5.75 Å². The minimum atomic E-state index is 0.546. The average Bonchev–Trinajstić information content (AvgIpc) is 2.15. The summed E-state index contributed by atoms with van der Waals surface area (Å²) in [6.07, 6.45) is 0. The predicted molar refractivity (Wildman–Crippen MR) is 52.7 cm³/mol. The minimum absolute atomic E-state index is 0.546. The van der Waals surface area contributed by atoms with Crippen LogP contribution in [0.3, 0.4) is 0 Å². The van der Waals surface area contributed by atoms with Crippen molar-refractivity contribution in [1.82, 2.24) is 0 Å². The van der Waals surface area contributed by atoms with E-state index in [0.717, 1.165) is 11.3 Å². The van der Waals surface area contributed by atoms with Gasteiger partial charge in [-0.15, -0.1) is 0 Å². The summed E-state index contributed by atoms with van der Waals surface area (Å²) < 4.78 is 10.4. The molecule has 0 saturated heterocycles. The molecule has 0 radical (unpaired) electrons. The summed E-state index contributed by atoms with van der Waals surface area (Å²) in [6.45, 7) is 3.20. The first kappa shape index (κ1) is 9.86. The van der Waals surface area contributed by atoms with Crippen LogP contribution in [0.15, 0.2) is 18.2 Å². The molecule has 3 heteroatoms. The Hall–Kier alpha value is -1.22. The SMILES string of the molecule is CCOCc1cccc(N)c1OC. The number of nitrogens with two attached hydrogens (primary N) is 1. The van der Waals surface area contributed by atoms with Crippen molar-refractivity contribution in [3.05, 3.63) is 23.8 Å². The highest BCUT2D eigenvalue weighted by atomic mass is 16.5. The Morgan fingerprint density at radius 3 is 2.77 bits per heavy atom. The van der Waals surface area contributed by atoms with E-state index in [1.54, 1.807) is 7.11 Å². The van der Waals surface area contributed by atoms with Gasteiger partial charge in [0.15, 0.2) is 0 Å². The Balaban J connectivity index is 2.85. The van der Waals surface area contributed by atoms with Crippen molar-refractivity contribution in [2.75, 3.05) is 19.5 Å². The van der Waals surface area contributed by atoms with Crippen LogP contribution in [0.25, 0.3) is 0 Å². The minimum Gasteiger partial charge on any atom is -0.494 e. The Labute approximate surface area is 78.5 Å². The van der Waals surface area contributed by atoms with Gasteiger partial charge in [-0.3, -0.25) is 0 Å². The van der Waals surface area contributed by atoms with Crippen LogP contribution in [0.1, 0.15) is 12.5 Å². The average molecular weight is 181 g/mol. The molecule has 0 amide bonds. The molecule has 72 valence electrons. The fourth-order valence-electron chi connectivity index (χ4n) is 1.18. The van der Waals surface area contributed by atoms with Gasteiger partial charge in [0.25, 0.3) is 0 Å². The summed E-state index contributed by atoms with van der Waals surface area (Å²) >= 11 is 0. The lowest BCUT2D eigenvalue weighted by Crippen LogP contribution is -1.99. The highest BCUT2D eigenvalue weighted by Gasteiger charge is 2.05. The first-order chi connectivity index (χ1) is 6.29. The molecule has 0 aliphatic carbocycles. The Morgan fingerprint density at radius 1 is 1.38 bits per heavy atom. The van der Waals surface area contributed by atoms with Crippen LogP contribution in [0.2, 0.25) is 0 Å². The number of methoxy groups -OCH3 is 1. The van der Waals surface area contributed by atoms with E-state index < -0.39 is 0 Å². The molecule has 1 aromatic carbocycles. The van der Waals surface area contributed by atoms with Gasteiger partial charge < -0.3 is 15.2 Å². The van der Waals surface area contributed by atoms with Crippen molar-refractivity contribution >= 4 is 5.69 Å². The van der Waals surface area contributed by atoms with Crippen molar-refractivity contribution in [2.24, 2.45) is 0 Å². The first-order valence-electron chi connectivity index (χ1n) is 4.28. The Kier molecular flexibility index (Phi) is 3.58. The van der Waals surface area contributed by atoms with E-state index in [1.165, 1.54) is 0 Å². The van der Waals surface area contributed by atoms with Crippen LogP contribution in [-0.2, 0) is 11.3 Å². The van der Waals surface area contributed by atoms with E-state index in [2.05, 4.69) is 0 Å². The van der Waals surface area contributed by atoms with Gasteiger partial charge in [-0.05, 0) is 13.0 Å². The van der Waals surface area contributed by atoms with Crippen LogP contribution in [0, 0.1) is 0 Å². The molecule has 1 aromatic rings. The fraction of sp³-hybridized carbons (Fsp3) is 0.400. The third-order valence-corrected chi connectivity index (χ3v) is 1.79. The molecule has 0 saturated carbocycles. The van der Waals surface area contributed by atoms with Gasteiger partial charge in [0.2, 0.25) is 0 Å². The van der Waals surface area contributed by atoms with Crippen LogP contribution >= 0.6 is 0 Å². The van der Waals surface area contributed by atoms with Gasteiger partial charge in [0.1, 0.15) is 5.75 Å². The topological polar surface area (TPSA) is 44.5 Å². The summed E-state index contributed by atoms with van der Waals surface area (Å²) in [5.74, 6) is 0.718. The molecule has 2 N–H and O–H groups in total. The molecule has 0 spiro atoms. The maximum atomic E-state index is 5.72. The number of hydrogen-bond acceptors (Lipinski definition) is 3. The second-order valence-corrected chi connectivity index (χ2v) is 2.68. The van der Waals surface area contributed by atoms with Crippen molar-refractivity contribution in [1.29, 1.82) is 0 Å². The number of hydrogen-bond donors (Lipinski definition) is 1. The van der Waals surface area contributed by atoms with E-state index >= 15 is 0 Å². The van der Waals surface area contributed by atoms with E-state index in [0.29, 0.717) is 18.9 Å². The summed E-state index contributed by atoms with van der Waals surface area (Å²) in [6, 6.07) is 5.66. The van der Waals surface area contributed by atoms with Crippen molar-refractivity contribution in [3.63, 3.8) is 0 Å². The molecule has 0 bridgehead atoms. The monoisotopic (exact) mass is 181 g/mol. The number of benzene rings is 1. The third kappa shape index (κ3) is 2.36. The molecule has 0 aliphatic rings. The molecular weight excluding hydrogens is 166 g/mol. The lowest BCUT2D eigenvalue weighted by atomic mass is 10.2. The molecule has 0 unspecified atom stereocenters. The Morgan fingerprint density at radius 2 is 2.15 bits per heavy atom. The van der Waals surface area contributed by atoms with Gasteiger partial charge in [-0.1, -0.05) is 12.1 Å². The van der Waals surface area contributed by atoms with Gasteiger partial charge in [0.05, 0.1) is 19.4 Å². The second-order valence-electron chi connectivity index (χ2n) is 2.68. The van der Waals surface area contributed by atoms with Gasteiger partial charge in [-0.2, -0.15) is 0 Å². The molecule has 0 fully saturated rings. The number of nitrogen functional groups attached to an aromatic ring is 1. The molecule has 0 heterocycles. The lowest BCUT2D eigenvalue weighted by Gasteiger charge is -2.10. The second kappa shape index (κ2) is 4.72. The van der Waals surface area contributed by atoms with Gasteiger partial charge >= 0.3 is 0 Å².